The van der Waals surface area contributed by atoms with E-state index in [-0.39, 0.29) is 12.5 Å². The van der Waals surface area contributed by atoms with Gasteiger partial charge in [-0.2, -0.15) is 0 Å². The van der Waals surface area contributed by atoms with Crippen LogP contribution in [0.3, 0.4) is 0 Å². The number of rotatable bonds is 2. The normalized spacial score (nSPS) is 16.3. The number of benzene rings is 1. The number of amides is 1. The van der Waals surface area contributed by atoms with Crippen molar-refractivity contribution in [3.05, 3.63) is 54.1 Å². The third-order valence-corrected chi connectivity index (χ3v) is 3.39. The van der Waals surface area contributed by atoms with Gasteiger partial charge >= 0.3 is 0 Å². The number of halogens is 1. The lowest BCUT2D eigenvalue weighted by Crippen LogP contribution is -2.52. The fourth-order valence-corrected chi connectivity index (χ4v) is 2.34. The van der Waals surface area contributed by atoms with Gasteiger partial charge in [0.15, 0.2) is 5.60 Å². The van der Waals surface area contributed by atoms with Gasteiger partial charge in [0.05, 0.1) is 24.1 Å². The number of para-hydroxylation sites is 2. The zero-order valence-electron chi connectivity index (χ0n) is 11.8. The third kappa shape index (κ3) is 2.46. The van der Waals surface area contributed by atoms with Crippen LogP contribution >= 0.6 is 0 Å². The van der Waals surface area contributed by atoms with Crippen molar-refractivity contribution in [3.8, 4) is 5.75 Å². The summed E-state index contributed by atoms with van der Waals surface area (Å²) in [4.78, 5) is 18.2. The van der Waals surface area contributed by atoms with Gasteiger partial charge in [0.1, 0.15) is 11.6 Å². The van der Waals surface area contributed by atoms with Gasteiger partial charge in [-0.15, -0.1) is 0 Å². The molecule has 4 nitrogen and oxygen atoms in total. The van der Waals surface area contributed by atoms with Crippen LogP contribution in [0.25, 0.3) is 0 Å². The molecule has 1 amide bonds. The van der Waals surface area contributed by atoms with E-state index in [2.05, 4.69) is 4.98 Å². The Labute approximate surface area is 122 Å². The minimum absolute atomic E-state index is 0.146. The molecule has 0 radical (unpaired) electrons. The van der Waals surface area contributed by atoms with Crippen LogP contribution in [0.1, 0.15) is 19.5 Å². The Bertz CT molecular complexity index is 683. The molecular weight excluding hydrogens is 271 g/mol. The molecule has 1 aromatic carbocycles. The molecule has 0 saturated carbocycles. The van der Waals surface area contributed by atoms with E-state index in [4.69, 9.17) is 4.74 Å². The fourth-order valence-electron chi connectivity index (χ4n) is 2.34. The molecule has 0 aliphatic carbocycles. The highest BCUT2D eigenvalue weighted by Crippen LogP contribution is 2.38. The molecule has 1 aliphatic heterocycles. The maximum Gasteiger partial charge on any atom is 0.271 e. The Morgan fingerprint density at radius 2 is 2.00 bits per heavy atom. The number of ether oxygens (including phenoxy) is 1. The molecule has 108 valence electrons. The van der Waals surface area contributed by atoms with Gasteiger partial charge in [-0.3, -0.25) is 14.7 Å². The Morgan fingerprint density at radius 3 is 2.71 bits per heavy atom. The molecule has 3 rings (SSSR count). The number of anilines is 1. The van der Waals surface area contributed by atoms with Crippen molar-refractivity contribution in [1.29, 1.82) is 0 Å². The van der Waals surface area contributed by atoms with Crippen LogP contribution in [0.15, 0.2) is 42.6 Å². The van der Waals surface area contributed by atoms with Crippen LogP contribution in [0.2, 0.25) is 0 Å². The van der Waals surface area contributed by atoms with E-state index in [0.717, 1.165) is 6.20 Å². The van der Waals surface area contributed by atoms with Gasteiger partial charge in [-0.25, -0.2) is 4.39 Å². The highest BCUT2D eigenvalue weighted by atomic mass is 19.1. The van der Waals surface area contributed by atoms with Crippen molar-refractivity contribution < 1.29 is 13.9 Å². The highest BCUT2D eigenvalue weighted by molar-refractivity contribution is 6.02. The van der Waals surface area contributed by atoms with Crippen LogP contribution < -0.4 is 9.64 Å². The Hall–Kier alpha value is -2.43. The number of carbonyl (C=O) groups excluding carboxylic acids is 1. The van der Waals surface area contributed by atoms with Gasteiger partial charge < -0.3 is 4.74 Å². The van der Waals surface area contributed by atoms with Crippen molar-refractivity contribution in [3.63, 3.8) is 0 Å². The number of hydrogen-bond acceptors (Lipinski definition) is 3. The summed E-state index contributed by atoms with van der Waals surface area (Å²) in [6.07, 6.45) is 1.15. The highest BCUT2D eigenvalue weighted by Gasteiger charge is 2.40. The summed E-state index contributed by atoms with van der Waals surface area (Å²) in [5.74, 6) is 0.115. The first-order valence-corrected chi connectivity index (χ1v) is 6.68. The Morgan fingerprint density at radius 1 is 1.24 bits per heavy atom. The predicted octanol–water partition coefficient (Wildman–Crippen LogP) is 2.92. The number of carbonyl (C=O) groups is 1. The van der Waals surface area contributed by atoms with E-state index >= 15 is 0 Å². The van der Waals surface area contributed by atoms with Crippen molar-refractivity contribution in [2.45, 2.75) is 26.0 Å². The molecule has 2 heterocycles. The van der Waals surface area contributed by atoms with E-state index in [9.17, 15) is 9.18 Å². The van der Waals surface area contributed by atoms with Gasteiger partial charge in [0, 0.05) is 0 Å². The first-order valence-electron chi connectivity index (χ1n) is 6.68. The fraction of sp³-hybridized carbons (Fsp3) is 0.250. The van der Waals surface area contributed by atoms with Crippen LogP contribution in [0.5, 0.6) is 5.75 Å². The van der Waals surface area contributed by atoms with Crippen LogP contribution in [0.4, 0.5) is 10.1 Å². The summed E-state index contributed by atoms with van der Waals surface area (Å²) in [7, 11) is 0. The minimum atomic E-state index is -0.936. The van der Waals surface area contributed by atoms with E-state index in [1.54, 1.807) is 24.8 Å². The molecule has 2 aromatic rings. The van der Waals surface area contributed by atoms with Gasteiger partial charge in [0.2, 0.25) is 0 Å². The maximum atomic E-state index is 12.9. The monoisotopic (exact) mass is 286 g/mol. The largest absolute Gasteiger partial charge is 0.476 e. The number of nitrogens with zero attached hydrogens (tertiary/aromatic N) is 2. The summed E-state index contributed by atoms with van der Waals surface area (Å²) >= 11 is 0. The van der Waals surface area contributed by atoms with Crippen molar-refractivity contribution >= 4 is 11.6 Å². The SMILES string of the molecule is CC1(C)Oc2ccccc2N(Cc2ccc(F)cn2)C1=O. The van der Waals surface area contributed by atoms with Crippen molar-refractivity contribution in [2.24, 2.45) is 0 Å². The summed E-state index contributed by atoms with van der Waals surface area (Å²) in [6, 6.07) is 10.3. The molecular formula is C16H15FN2O2. The zero-order valence-corrected chi connectivity index (χ0v) is 11.8. The molecule has 0 fully saturated rings. The van der Waals surface area contributed by atoms with E-state index in [1.807, 2.05) is 24.3 Å². The molecule has 0 spiro atoms. The second kappa shape index (κ2) is 4.84. The molecule has 0 bridgehead atoms. The quantitative estimate of drug-likeness (QED) is 0.852. The lowest BCUT2D eigenvalue weighted by atomic mass is 10.0. The standard InChI is InChI=1S/C16H15FN2O2/c1-16(2)15(20)19(10-12-8-7-11(17)9-18-12)13-5-3-4-6-14(13)21-16/h3-9H,10H2,1-2H3. The molecule has 0 N–H and O–H groups in total. The topological polar surface area (TPSA) is 42.4 Å². The second-order valence-corrected chi connectivity index (χ2v) is 5.44. The summed E-state index contributed by atoms with van der Waals surface area (Å²) < 4.78 is 18.7. The van der Waals surface area contributed by atoms with Crippen LogP contribution in [-0.2, 0) is 11.3 Å². The van der Waals surface area contributed by atoms with Gasteiger partial charge in [-0.05, 0) is 38.1 Å². The molecule has 1 aliphatic rings. The maximum absolute atomic E-state index is 12.9. The second-order valence-electron chi connectivity index (χ2n) is 5.44. The average Bonchev–Trinajstić information content (AvgIpc) is 2.45. The number of aromatic nitrogens is 1. The molecule has 5 heteroatoms. The molecule has 0 atom stereocenters. The summed E-state index contributed by atoms with van der Waals surface area (Å²) in [5.41, 5.74) is 0.388. The first-order chi connectivity index (χ1) is 9.97. The van der Waals surface area contributed by atoms with Gasteiger partial charge in [-0.1, -0.05) is 12.1 Å². The third-order valence-electron chi connectivity index (χ3n) is 3.39. The van der Waals surface area contributed by atoms with Crippen molar-refractivity contribution in [2.75, 3.05) is 4.90 Å². The number of hydrogen-bond donors (Lipinski definition) is 0. The molecule has 0 saturated heterocycles. The van der Waals surface area contributed by atoms with Crippen LogP contribution in [0, 0.1) is 5.82 Å². The minimum Gasteiger partial charge on any atom is -0.476 e. The lowest BCUT2D eigenvalue weighted by molar-refractivity contribution is -0.132. The van der Waals surface area contributed by atoms with Crippen LogP contribution in [-0.4, -0.2) is 16.5 Å². The van der Waals surface area contributed by atoms with Gasteiger partial charge in [0.25, 0.3) is 5.91 Å². The lowest BCUT2D eigenvalue weighted by Gasteiger charge is -2.38. The van der Waals surface area contributed by atoms with E-state index in [0.29, 0.717) is 17.1 Å². The summed E-state index contributed by atoms with van der Waals surface area (Å²) in [5, 5.41) is 0. The number of pyridine rings is 1. The smallest absolute Gasteiger partial charge is 0.271 e. The van der Waals surface area contributed by atoms with E-state index in [1.165, 1.54) is 6.07 Å². The Kier molecular flexibility index (Phi) is 3.12. The average molecular weight is 286 g/mol. The number of fused-ring (bicyclic) bond motifs is 1. The molecule has 0 unspecified atom stereocenters. The molecule has 21 heavy (non-hydrogen) atoms. The molecule has 1 aromatic heterocycles. The zero-order chi connectivity index (χ0) is 15.0. The summed E-state index contributed by atoms with van der Waals surface area (Å²) in [6.45, 7) is 3.75. The van der Waals surface area contributed by atoms with Crippen molar-refractivity contribution in [1.82, 2.24) is 4.98 Å². The Balaban J connectivity index is 1.99. The predicted molar refractivity (Wildman–Crippen MR) is 76.5 cm³/mol. The van der Waals surface area contributed by atoms with E-state index < -0.39 is 11.4 Å². The first kappa shape index (κ1) is 13.5.